The average molecular weight is 340 g/mol. The van der Waals surface area contributed by atoms with E-state index in [9.17, 15) is 9.50 Å². The van der Waals surface area contributed by atoms with Crippen molar-refractivity contribution < 1.29 is 19.0 Å². The minimum absolute atomic E-state index is 0.0610. The number of ether oxygens (including phenoxy) is 2. The maximum Gasteiger partial charge on any atom is 0.152 e. The Bertz CT molecular complexity index is 734. The molecule has 1 aliphatic heterocycles. The molecule has 1 aromatic carbocycles. The Kier molecular flexibility index (Phi) is 4.34. The van der Waals surface area contributed by atoms with Gasteiger partial charge in [-0.1, -0.05) is 11.6 Å². The van der Waals surface area contributed by atoms with E-state index in [1.165, 1.54) is 6.07 Å². The summed E-state index contributed by atoms with van der Waals surface area (Å²) in [6.07, 6.45) is 0.296. The van der Waals surface area contributed by atoms with Crippen LogP contribution in [0.25, 0.3) is 11.3 Å². The summed E-state index contributed by atoms with van der Waals surface area (Å²) in [6, 6.07) is 2.36. The number of rotatable bonds is 4. The van der Waals surface area contributed by atoms with E-state index in [4.69, 9.17) is 26.8 Å². The van der Waals surface area contributed by atoms with Gasteiger partial charge in [0.2, 0.25) is 0 Å². The molecule has 0 amide bonds. The number of methoxy groups -OCH3 is 1. The molecule has 3 rings (SSSR count). The summed E-state index contributed by atoms with van der Waals surface area (Å²) in [5.41, 5.74) is 7.35. The molecule has 8 heteroatoms. The quantitative estimate of drug-likeness (QED) is 0.890. The molecule has 3 N–H and O–H groups in total. The lowest BCUT2D eigenvalue weighted by Crippen LogP contribution is -2.08. The summed E-state index contributed by atoms with van der Waals surface area (Å²) in [6.45, 7) is 0.696. The summed E-state index contributed by atoms with van der Waals surface area (Å²) in [7, 11) is 1.59. The molecule has 0 spiro atoms. The van der Waals surface area contributed by atoms with Gasteiger partial charge in [0.15, 0.2) is 5.82 Å². The van der Waals surface area contributed by atoms with Crippen molar-refractivity contribution in [3.63, 3.8) is 0 Å². The number of hydrogen-bond donors (Lipinski definition) is 2. The molecular formula is C15H15ClFN3O3. The van der Waals surface area contributed by atoms with E-state index >= 15 is 0 Å². The van der Waals surface area contributed by atoms with E-state index in [2.05, 4.69) is 10.2 Å². The highest BCUT2D eigenvalue weighted by molar-refractivity contribution is 6.30. The van der Waals surface area contributed by atoms with Crippen molar-refractivity contribution in [1.29, 1.82) is 0 Å². The molecule has 23 heavy (non-hydrogen) atoms. The number of nitrogens with zero attached hydrogens (tertiary/aromatic N) is 2. The molecule has 0 saturated carbocycles. The zero-order valence-corrected chi connectivity index (χ0v) is 13.1. The summed E-state index contributed by atoms with van der Waals surface area (Å²) in [4.78, 5) is 0. The fourth-order valence-corrected chi connectivity index (χ4v) is 2.92. The number of nitrogen functional groups attached to an aromatic ring is 1. The zero-order chi connectivity index (χ0) is 16.6. The highest BCUT2D eigenvalue weighted by Gasteiger charge is 2.31. The second kappa shape index (κ2) is 6.27. The van der Waals surface area contributed by atoms with Gasteiger partial charge >= 0.3 is 0 Å². The Labute approximate surface area is 137 Å². The van der Waals surface area contributed by atoms with Gasteiger partial charge in [0.1, 0.15) is 17.3 Å². The smallest absolute Gasteiger partial charge is 0.152 e. The number of halogens is 2. The molecule has 1 aromatic heterocycles. The Balaban J connectivity index is 2.12. The molecule has 0 saturated heterocycles. The number of aromatic hydroxyl groups is 1. The molecule has 2 aromatic rings. The minimum atomic E-state index is -0.684. The van der Waals surface area contributed by atoms with Crippen LogP contribution in [0.4, 0.5) is 10.2 Å². The van der Waals surface area contributed by atoms with Crippen LogP contribution in [0.1, 0.15) is 23.7 Å². The molecule has 1 unspecified atom stereocenters. The van der Waals surface area contributed by atoms with Gasteiger partial charge in [-0.05, 0) is 12.1 Å². The van der Waals surface area contributed by atoms with Gasteiger partial charge in [-0.25, -0.2) is 4.39 Å². The normalized spacial score (nSPS) is 16.6. The van der Waals surface area contributed by atoms with Crippen molar-refractivity contribution in [3.8, 4) is 17.0 Å². The molecule has 6 nitrogen and oxygen atoms in total. The Morgan fingerprint density at radius 3 is 2.96 bits per heavy atom. The maximum atomic E-state index is 14.3. The Hall–Kier alpha value is -1.96. The van der Waals surface area contributed by atoms with Crippen LogP contribution in [0.15, 0.2) is 12.1 Å². The van der Waals surface area contributed by atoms with Crippen LogP contribution in [0.2, 0.25) is 5.02 Å². The minimum Gasteiger partial charge on any atom is -0.507 e. The predicted molar refractivity (Wildman–Crippen MR) is 82.5 cm³/mol. The summed E-state index contributed by atoms with van der Waals surface area (Å²) in [5, 5.41) is 18.0. The molecule has 0 fully saturated rings. The van der Waals surface area contributed by atoms with Gasteiger partial charge in [-0.3, -0.25) is 0 Å². The lowest BCUT2D eigenvalue weighted by molar-refractivity contribution is 0.0402. The summed E-state index contributed by atoms with van der Waals surface area (Å²) >= 11 is 5.74. The van der Waals surface area contributed by atoms with Crippen molar-refractivity contribution >= 4 is 17.4 Å². The van der Waals surface area contributed by atoms with Gasteiger partial charge in [0.05, 0.1) is 18.3 Å². The second-order valence-corrected chi connectivity index (χ2v) is 5.63. The standard InChI is InChI=1S/C15H15ClFN3O3/c1-22-3-2-11-12-8(6-23-11)14(19-20-15(12)18)13-9(17)4-7(16)5-10(13)21/h4-5,11,21H,2-3,6H2,1H3,(H2,18,20). The van der Waals surface area contributed by atoms with Gasteiger partial charge in [0.25, 0.3) is 0 Å². The van der Waals surface area contributed by atoms with E-state index in [0.717, 1.165) is 6.07 Å². The Morgan fingerprint density at radius 1 is 1.48 bits per heavy atom. The van der Waals surface area contributed by atoms with Gasteiger partial charge in [-0.2, -0.15) is 0 Å². The number of benzene rings is 1. The summed E-state index contributed by atoms with van der Waals surface area (Å²) in [5.74, 6) is -0.760. The SMILES string of the molecule is COCCC1OCc2c(-c3c(O)cc(Cl)cc3F)nnc(N)c21. The first-order valence-electron chi connectivity index (χ1n) is 6.96. The Morgan fingerprint density at radius 2 is 2.26 bits per heavy atom. The number of anilines is 1. The lowest BCUT2D eigenvalue weighted by Gasteiger charge is -2.13. The van der Waals surface area contributed by atoms with Crippen molar-refractivity contribution in [3.05, 3.63) is 34.1 Å². The van der Waals surface area contributed by atoms with Crippen LogP contribution in [-0.4, -0.2) is 29.0 Å². The number of phenolic OH excluding ortho intramolecular Hbond substituents is 1. The molecule has 1 atom stereocenters. The predicted octanol–water partition coefficient (Wildman–Crippen LogP) is 2.83. The first kappa shape index (κ1) is 15.9. The molecule has 0 radical (unpaired) electrons. The molecule has 1 aliphatic rings. The zero-order valence-electron chi connectivity index (χ0n) is 12.3. The number of hydrogen-bond acceptors (Lipinski definition) is 6. The third kappa shape index (κ3) is 2.83. The van der Waals surface area contributed by atoms with Crippen molar-refractivity contribution in [2.24, 2.45) is 0 Å². The largest absolute Gasteiger partial charge is 0.507 e. The number of fused-ring (bicyclic) bond motifs is 1. The molecule has 0 bridgehead atoms. The number of phenols is 1. The highest BCUT2D eigenvalue weighted by Crippen LogP contribution is 2.43. The van der Waals surface area contributed by atoms with Crippen molar-refractivity contribution in [2.75, 3.05) is 19.5 Å². The maximum absolute atomic E-state index is 14.3. The van der Waals surface area contributed by atoms with E-state index in [-0.39, 0.29) is 40.6 Å². The highest BCUT2D eigenvalue weighted by atomic mass is 35.5. The number of nitrogens with two attached hydrogens (primary N) is 1. The van der Waals surface area contributed by atoms with Gasteiger partial charge in [-0.15, -0.1) is 10.2 Å². The fraction of sp³-hybridized carbons (Fsp3) is 0.333. The molecule has 2 heterocycles. The van der Waals surface area contributed by atoms with Crippen LogP contribution in [0, 0.1) is 5.82 Å². The molecule has 122 valence electrons. The van der Waals surface area contributed by atoms with Gasteiger partial charge < -0.3 is 20.3 Å². The van der Waals surface area contributed by atoms with Crippen LogP contribution in [0.5, 0.6) is 5.75 Å². The van der Waals surface area contributed by atoms with E-state index < -0.39 is 5.82 Å². The van der Waals surface area contributed by atoms with E-state index in [1.54, 1.807) is 7.11 Å². The van der Waals surface area contributed by atoms with E-state index in [1.807, 2.05) is 0 Å². The van der Waals surface area contributed by atoms with Crippen molar-refractivity contribution in [2.45, 2.75) is 19.1 Å². The molecular weight excluding hydrogens is 325 g/mol. The van der Waals surface area contributed by atoms with Crippen LogP contribution >= 0.6 is 11.6 Å². The third-order valence-corrected chi connectivity index (χ3v) is 3.97. The number of aromatic nitrogens is 2. The lowest BCUT2D eigenvalue weighted by atomic mass is 9.99. The summed E-state index contributed by atoms with van der Waals surface area (Å²) < 4.78 is 25.0. The first-order chi connectivity index (χ1) is 11.0. The van der Waals surface area contributed by atoms with Crippen LogP contribution in [0.3, 0.4) is 0 Å². The van der Waals surface area contributed by atoms with Crippen molar-refractivity contribution in [1.82, 2.24) is 10.2 Å². The van der Waals surface area contributed by atoms with E-state index in [0.29, 0.717) is 24.2 Å². The monoisotopic (exact) mass is 339 g/mol. The fourth-order valence-electron chi connectivity index (χ4n) is 2.72. The van der Waals surface area contributed by atoms with Crippen LogP contribution < -0.4 is 5.73 Å². The topological polar surface area (TPSA) is 90.5 Å². The molecule has 0 aliphatic carbocycles. The van der Waals surface area contributed by atoms with Crippen LogP contribution in [-0.2, 0) is 16.1 Å². The van der Waals surface area contributed by atoms with Gasteiger partial charge in [0, 0.05) is 36.3 Å². The average Bonchev–Trinajstić information content (AvgIpc) is 2.91. The second-order valence-electron chi connectivity index (χ2n) is 5.19. The third-order valence-electron chi connectivity index (χ3n) is 3.75. The first-order valence-corrected chi connectivity index (χ1v) is 7.34.